The van der Waals surface area contributed by atoms with Crippen molar-refractivity contribution in [1.82, 2.24) is 0 Å². The number of halogens is 1. The van der Waals surface area contributed by atoms with Crippen LogP contribution in [0.5, 0.6) is 0 Å². The van der Waals surface area contributed by atoms with Crippen molar-refractivity contribution in [3.05, 3.63) is 71.2 Å². The van der Waals surface area contributed by atoms with Crippen molar-refractivity contribution in [2.24, 2.45) is 5.73 Å². The highest BCUT2D eigenvalue weighted by Gasteiger charge is 2.08. The van der Waals surface area contributed by atoms with Crippen LogP contribution < -0.4 is 5.73 Å². The molecule has 0 aliphatic heterocycles. The average molecular weight is 268 g/mol. The molecular formula is C17H14ClN. The Balaban J connectivity index is 2.34. The largest absolute Gasteiger partial charge is 0.326 e. The SMILES string of the molecule is NCc1ccccc1-c1ccc(Cl)c2ccccc12. The van der Waals surface area contributed by atoms with Crippen LogP contribution in [0.2, 0.25) is 5.02 Å². The Kier molecular flexibility index (Phi) is 3.24. The number of hydrogen-bond donors (Lipinski definition) is 1. The molecule has 19 heavy (non-hydrogen) atoms. The number of benzene rings is 3. The van der Waals surface area contributed by atoms with Crippen LogP contribution in [0.4, 0.5) is 0 Å². The summed E-state index contributed by atoms with van der Waals surface area (Å²) in [4.78, 5) is 0. The van der Waals surface area contributed by atoms with Gasteiger partial charge >= 0.3 is 0 Å². The Hall–Kier alpha value is -1.83. The third-order valence-electron chi connectivity index (χ3n) is 3.40. The molecule has 0 amide bonds. The molecule has 0 spiro atoms. The van der Waals surface area contributed by atoms with Gasteiger partial charge in [0.1, 0.15) is 0 Å². The Bertz CT molecular complexity index is 734. The highest BCUT2D eigenvalue weighted by molar-refractivity contribution is 6.36. The third kappa shape index (κ3) is 2.12. The second kappa shape index (κ2) is 5.04. The highest BCUT2D eigenvalue weighted by atomic mass is 35.5. The van der Waals surface area contributed by atoms with E-state index in [1.54, 1.807) is 0 Å². The normalized spacial score (nSPS) is 10.8. The lowest BCUT2D eigenvalue weighted by atomic mass is 9.94. The van der Waals surface area contributed by atoms with Crippen molar-refractivity contribution in [1.29, 1.82) is 0 Å². The van der Waals surface area contributed by atoms with Gasteiger partial charge in [-0.15, -0.1) is 0 Å². The molecule has 0 unspecified atom stereocenters. The molecule has 0 saturated heterocycles. The van der Waals surface area contributed by atoms with E-state index in [0.717, 1.165) is 21.4 Å². The van der Waals surface area contributed by atoms with E-state index in [-0.39, 0.29) is 0 Å². The van der Waals surface area contributed by atoms with Gasteiger partial charge in [0.2, 0.25) is 0 Å². The van der Waals surface area contributed by atoms with Crippen LogP contribution in [-0.2, 0) is 6.54 Å². The number of fused-ring (bicyclic) bond motifs is 1. The van der Waals surface area contributed by atoms with Gasteiger partial charge in [-0.2, -0.15) is 0 Å². The van der Waals surface area contributed by atoms with E-state index in [0.29, 0.717) is 6.54 Å². The van der Waals surface area contributed by atoms with Gasteiger partial charge in [-0.25, -0.2) is 0 Å². The molecule has 3 aromatic rings. The van der Waals surface area contributed by atoms with E-state index < -0.39 is 0 Å². The fourth-order valence-corrected chi connectivity index (χ4v) is 2.69. The first-order valence-corrected chi connectivity index (χ1v) is 6.64. The minimum Gasteiger partial charge on any atom is -0.326 e. The summed E-state index contributed by atoms with van der Waals surface area (Å²) in [5.74, 6) is 0. The molecule has 0 atom stereocenters. The van der Waals surface area contributed by atoms with Crippen molar-refractivity contribution in [3.8, 4) is 11.1 Å². The van der Waals surface area contributed by atoms with Gasteiger partial charge in [0.25, 0.3) is 0 Å². The first-order chi connectivity index (χ1) is 9.31. The fourth-order valence-electron chi connectivity index (χ4n) is 2.46. The molecule has 3 aromatic carbocycles. The minimum atomic E-state index is 0.535. The van der Waals surface area contributed by atoms with E-state index >= 15 is 0 Å². The fraction of sp³-hybridized carbons (Fsp3) is 0.0588. The molecule has 2 N–H and O–H groups in total. The molecule has 0 fully saturated rings. The molecule has 1 nitrogen and oxygen atoms in total. The van der Waals surface area contributed by atoms with Gasteiger partial charge in [0, 0.05) is 17.0 Å². The van der Waals surface area contributed by atoms with Crippen molar-refractivity contribution in [2.75, 3.05) is 0 Å². The Morgan fingerprint density at radius 1 is 0.737 bits per heavy atom. The summed E-state index contributed by atoms with van der Waals surface area (Å²) in [5, 5.41) is 3.02. The first kappa shape index (κ1) is 12.2. The zero-order chi connectivity index (χ0) is 13.2. The van der Waals surface area contributed by atoms with Crippen LogP contribution in [0, 0.1) is 0 Å². The van der Waals surface area contributed by atoms with E-state index in [9.17, 15) is 0 Å². The summed E-state index contributed by atoms with van der Waals surface area (Å²) < 4.78 is 0. The smallest absolute Gasteiger partial charge is 0.0484 e. The second-order valence-corrected chi connectivity index (χ2v) is 4.91. The molecule has 3 rings (SSSR count). The summed E-state index contributed by atoms with van der Waals surface area (Å²) in [7, 11) is 0. The molecule has 0 aliphatic rings. The maximum absolute atomic E-state index is 6.27. The van der Waals surface area contributed by atoms with Gasteiger partial charge in [-0.1, -0.05) is 66.2 Å². The molecule has 0 heterocycles. The lowest BCUT2D eigenvalue weighted by Crippen LogP contribution is -1.98. The van der Waals surface area contributed by atoms with Crippen LogP contribution in [0.1, 0.15) is 5.56 Å². The molecule has 0 radical (unpaired) electrons. The maximum atomic E-state index is 6.27. The van der Waals surface area contributed by atoms with Gasteiger partial charge in [-0.3, -0.25) is 0 Å². The van der Waals surface area contributed by atoms with E-state index in [1.165, 1.54) is 11.1 Å². The van der Waals surface area contributed by atoms with E-state index in [4.69, 9.17) is 17.3 Å². The van der Waals surface area contributed by atoms with Gasteiger partial charge in [0.05, 0.1) is 0 Å². The highest BCUT2D eigenvalue weighted by Crippen LogP contribution is 2.34. The van der Waals surface area contributed by atoms with Crippen LogP contribution in [0.25, 0.3) is 21.9 Å². The minimum absolute atomic E-state index is 0.535. The Morgan fingerprint density at radius 3 is 2.21 bits per heavy atom. The van der Waals surface area contributed by atoms with Crippen LogP contribution in [0.3, 0.4) is 0 Å². The molecule has 0 saturated carbocycles. The summed E-state index contributed by atoms with van der Waals surface area (Å²) in [6.07, 6.45) is 0. The lowest BCUT2D eigenvalue weighted by Gasteiger charge is -2.11. The average Bonchev–Trinajstić information content (AvgIpc) is 2.48. The summed E-state index contributed by atoms with van der Waals surface area (Å²) in [6, 6.07) is 20.4. The van der Waals surface area contributed by atoms with Crippen molar-refractivity contribution in [2.45, 2.75) is 6.54 Å². The number of rotatable bonds is 2. The van der Waals surface area contributed by atoms with Crippen molar-refractivity contribution in [3.63, 3.8) is 0 Å². The molecule has 94 valence electrons. The van der Waals surface area contributed by atoms with Crippen LogP contribution >= 0.6 is 11.6 Å². The topological polar surface area (TPSA) is 26.0 Å². The van der Waals surface area contributed by atoms with Crippen molar-refractivity contribution < 1.29 is 0 Å². The van der Waals surface area contributed by atoms with Gasteiger partial charge in [-0.05, 0) is 28.1 Å². The third-order valence-corrected chi connectivity index (χ3v) is 3.73. The van der Waals surface area contributed by atoms with Crippen LogP contribution in [0.15, 0.2) is 60.7 Å². The lowest BCUT2D eigenvalue weighted by molar-refractivity contribution is 1.07. The van der Waals surface area contributed by atoms with E-state index in [2.05, 4.69) is 24.3 Å². The predicted molar refractivity (Wildman–Crippen MR) is 82.3 cm³/mol. The van der Waals surface area contributed by atoms with E-state index in [1.807, 2.05) is 36.4 Å². The zero-order valence-electron chi connectivity index (χ0n) is 10.4. The quantitative estimate of drug-likeness (QED) is 0.720. The first-order valence-electron chi connectivity index (χ1n) is 6.27. The second-order valence-electron chi connectivity index (χ2n) is 4.50. The van der Waals surface area contributed by atoms with Gasteiger partial charge < -0.3 is 5.73 Å². The molecule has 0 aromatic heterocycles. The van der Waals surface area contributed by atoms with Crippen LogP contribution in [-0.4, -0.2) is 0 Å². The molecular weight excluding hydrogens is 254 g/mol. The summed E-state index contributed by atoms with van der Waals surface area (Å²) in [6.45, 7) is 0.535. The Morgan fingerprint density at radius 2 is 1.42 bits per heavy atom. The molecule has 0 aliphatic carbocycles. The Labute approximate surface area is 117 Å². The summed E-state index contributed by atoms with van der Waals surface area (Å²) >= 11 is 6.27. The molecule has 2 heteroatoms. The zero-order valence-corrected chi connectivity index (χ0v) is 11.2. The maximum Gasteiger partial charge on any atom is 0.0484 e. The number of hydrogen-bond acceptors (Lipinski definition) is 1. The predicted octanol–water partition coefficient (Wildman–Crippen LogP) is 4.62. The number of nitrogens with two attached hydrogens (primary N) is 1. The summed E-state index contributed by atoms with van der Waals surface area (Å²) in [5.41, 5.74) is 9.34. The van der Waals surface area contributed by atoms with Crippen molar-refractivity contribution >= 4 is 22.4 Å². The van der Waals surface area contributed by atoms with Gasteiger partial charge in [0.15, 0.2) is 0 Å². The monoisotopic (exact) mass is 267 g/mol. The molecule has 0 bridgehead atoms. The standard InChI is InChI=1S/C17H14ClN/c18-17-10-9-15(14-7-3-4-8-16(14)17)13-6-2-1-5-12(13)11-19/h1-10H,11,19H2.